The summed E-state index contributed by atoms with van der Waals surface area (Å²) in [4.78, 5) is 11.3. The maximum absolute atomic E-state index is 11.3. The van der Waals surface area contributed by atoms with E-state index in [1.807, 2.05) is 24.3 Å². The number of hydrogen-bond donors (Lipinski definition) is 0. The van der Waals surface area contributed by atoms with E-state index in [1.54, 1.807) is 6.92 Å². The molecule has 1 aliphatic carbocycles. The quantitative estimate of drug-likeness (QED) is 0.150. The molecule has 0 unspecified atom stereocenters. The molecule has 4 nitrogen and oxygen atoms in total. The van der Waals surface area contributed by atoms with Gasteiger partial charge in [0.25, 0.3) is 0 Å². The second-order valence-corrected chi connectivity index (χ2v) is 8.74. The Morgan fingerprint density at radius 3 is 2.24 bits per heavy atom. The number of ether oxygens (including phenoxy) is 2. The first-order chi connectivity index (χ1) is 16.5. The molecular weight excluding hydrogens is 422 g/mol. The number of nitrogens with zero attached hydrogens (tertiary/aromatic N) is 1. The van der Waals surface area contributed by atoms with Crippen molar-refractivity contribution in [3.63, 3.8) is 0 Å². The molecule has 3 aromatic rings. The van der Waals surface area contributed by atoms with Crippen molar-refractivity contribution >= 4 is 5.97 Å². The minimum Gasteiger partial charge on any atom is -0.494 e. The lowest BCUT2D eigenvalue weighted by molar-refractivity contribution is -0.139. The van der Waals surface area contributed by atoms with Gasteiger partial charge in [0.2, 0.25) is 0 Å². The van der Waals surface area contributed by atoms with E-state index in [1.165, 1.54) is 27.8 Å². The normalized spacial score (nSPS) is 11.3. The third kappa shape index (κ3) is 5.55. The lowest BCUT2D eigenvalue weighted by atomic mass is 9.98. The highest BCUT2D eigenvalue weighted by atomic mass is 16.5. The fourth-order valence-electron chi connectivity index (χ4n) is 4.23. The molecule has 0 bridgehead atoms. The Kier molecular flexibility index (Phi) is 7.44. The van der Waals surface area contributed by atoms with Crippen molar-refractivity contribution in [2.24, 2.45) is 0 Å². The van der Waals surface area contributed by atoms with E-state index < -0.39 is 0 Å². The van der Waals surface area contributed by atoms with Crippen molar-refractivity contribution in [3.05, 3.63) is 89.5 Å². The molecule has 4 heteroatoms. The third-order valence-corrected chi connectivity index (χ3v) is 6.09. The first-order valence-electron chi connectivity index (χ1n) is 11.8. The molecule has 4 rings (SSSR count). The summed E-state index contributed by atoms with van der Waals surface area (Å²) in [6.45, 7) is 6.37. The molecule has 3 aromatic carbocycles. The van der Waals surface area contributed by atoms with Crippen LogP contribution in [0.15, 0.2) is 72.8 Å². The summed E-state index contributed by atoms with van der Waals surface area (Å²) in [7, 11) is 0. The van der Waals surface area contributed by atoms with Gasteiger partial charge < -0.3 is 9.47 Å². The number of hydrogen-bond acceptors (Lipinski definition) is 4. The fraction of sp³-hybridized carbons (Fsp3) is 0.267. The van der Waals surface area contributed by atoms with Gasteiger partial charge in [0.1, 0.15) is 5.75 Å². The Morgan fingerprint density at radius 1 is 0.882 bits per heavy atom. The Morgan fingerprint density at radius 2 is 1.53 bits per heavy atom. The van der Waals surface area contributed by atoms with Crippen LogP contribution >= 0.6 is 0 Å². The molecule has 34 heavy (non-hydrogen) atoms. The highest BCUT2D eigenvalue weighted by Crippen LogP contribution is 2.40. The maximum Gasteiger partial charge on any atom is 0.333 e. The van der Waals surface area contributed by atoms with Gasteiger partial charge in [-0.25, -0.2) is 4.79 Å². The van der Waals surface area contributed by atoms with Gasteiger partial charge in [-0.2, -0.15) is 5.26 Å². The van der Waals surface area contributed by atoms with E-state index in [4.69, 9.17) is 14.7 Å². The number of nitriles is 1. The van der Waals surface area contributed by atoms with E-state index >= 15 is 0 Å². The van der Waals surface area contributed by atoms with E-state index in [0.717, 1.165) is 43.4 Å². The van der Waals surface area contributed by atoms with Crippen LogP contribution in [0.25, 0.3) is 22.3 Å². The highest BCUT2D eigenvalue weighted by Gasteiger charge is 2.19. The summed E-state index contributed by atoms with van der Waals surface area (Å²) in [5.74, 6) is 0.599. The minimum atomic E-state index is -0.312. The highest BCUT2D eigenvalue weighted by molar-refractivity contribution is 5.86. The average molecular weight is 452 g/mol. The zero-order valence-corrected chi connectivity index (χ0v) is 19.6. The number of rotatable bonds is 10. The molecule has 0 radical (unpaired) electrons. The third-order valence-electron chi connectivity index (χ3n) is 6.09. The first-order valence-corrected chi connectivity index (χ1v) is 11.8. The van der Waals surface area contributed by atoms with Gasteiger partial charge in [-0.05, 0) is 96.7 Å². The van der Waals surface area contributed by atoms with Crippen LogP contribution in [0.2, 0.25) is 0 Å². The van der Waals surface area contributed by atoms with Crippen molar-refractivity contribution in [1.82, 2.24) is 0 Å². The molecule has 1 aliphatic rings. The summed E-state index contributed by atoms with van der Waals surface area (Å²) < 4.78 is 11.1. The summed E-state index contributed by atoms with van der Waals surface area (Å²) in [6.07, 6.45) is 4.78. The molecule has 0 aromatic heterocycles. The van der Waals surface area contributed by atoms with E-state index in [0.29, 0.717) is 24.4 Å². The van der Waals surface area contributed by atoms with Crippen molar-refractivity contribution in [3.8, 4) is 34.1 Å². The van der Waals surface area contributed by atoms with Crippen molar-refractivity contribution in [2.45, 2.75) is 39.0 Å². The summed E-state index contributed by atoms with van der Waals surface area (Å²) in [5.41, 5.74) is 8.58. The van der Waals surface area contributed by atoms with Gasteiger partial charge in [0, 0.05) is 5.57 Å². The van der Waals surface area contributed by atoms with Crippen LogP contribution in [-0.4, -0.2) is 19.2 Å². The predicted molar refractivity (Wildman–Crippen MR) is 135 cm³/mol. The zero-order chi connectivity index (χ0) is 23.9. The van der Waals surface area contributed by atoms with Crippen molar-refractivity contribution < 1.29 is 14.3 Å². The van der Waals surface area contributed by atoms with Crippen molar-refractivity contribution in [2.75, 3.05) is 13.2 Å². The lowest BCUT2D eigenvalue weighted by Gasteiger charge is -2.09. The summed E-state index contributed by atoms with van der Waals surface area (Å²) in [5, 5.41) is 9.01. The predicted octanol–water partition coefficient (Wildman–Crippen LogP) is 6.85. The molecule has 0 aliphatic heterocycles. The molecule has 0 amide bonds. The van der Waals surface area contributed by atoms with Crippen LogP contribution < -0.4 is 4.74 Å². The van der Waals surface area contributed by atoms with Crippen LogP contribution in [-0.2, 0) is 16.0 Å². The molecule has 0 fully saturated rings. The largest absolute Gasteiger partial charge is 0.494 e. The van der Waals surface area contributed by atoms with Gasteiger partial charge in [-0.1, -0.05) is 43.0 Å². The second-order valence-electron chi connectivity index (χ2n) is 8.74. The Hall–Kier alpha value is -3.84. The van der Waals surface area contributed by atoms with Crippen LogP contribution in [0, 0.1) is 11.3 Å². The second kappa shape index (κ2) is 10.9. The Balaban J connectivity index is 1.26. The minimum absolute atomic E-state index is 0.312. The molecule has 0 atom stereocenters. The molecule has 0 saturated heterocycles. The molecule has 0 heterocycles. The van der Waals surface area contributed by atoms with Gasteiger partial charge >= 0.3 is 5.97 Å². The van der Waals surface area contributed by atoms with Gasteiger partial charge in [0.05, 0.1) is 24.8 Å². The van der Waals surface area contributed by atoms with Gasteiger partial charge in [-0.3, -0.25) is 0 Å². The van der Waals surface area contributed by atoms with Gasteiger partial charge in [-0.15, -0.1) is 0 Å². The smallest absolute Gasteiger partial charge is 0.333 e. The summed E-state index contributed by atoms with van der Waals surface area (Å²) >= 11 is 0. The molecule has 172 valence electrons. The monoisotopic (exact) mass is 451 g/mol. The zero-order valence-electron chi connectivity index (χ0n) is 19.6. The van der Waals surface area contributed by atoms with E-state index in [2.05, 4.69) is 49.0 Å². The van der Waals surface area contributed by atoms with Crippen LogP contribution in [0.3, 0.4) is 0 Å². The van der Waals surface area contributed by atoms with E-state index in [-0.39, 0.29) is 5.97 Å². The molecule has 0 N–H and O–H groups in total. The van der Waals surface area contributed by atoms with Gasteiger partial charge in [0.15, 0.2) is 0 Å². The van der Waals surface area contributed by atoms with Crippen LogP contribution in [0.5, 0.6) is 5.75 Å². The standard InChI is InChI=1S/C30H29NO3/c1-21(2)30(32)34-16-6-4-3-5-15-33-27-12-14-29-26(19-27)18-25-17-24(11-13-28(25)29)23-9-7-22(20-31)8-10-23/h7-14,17,19H,1,3-6,15-16,18H2,2H3. The number of carbonyl (C=O) groups is 1. The number of unbranched alkanes of at least 4 members (excludes halogenated alkanes) is 3. The number of carbonyl (C=O) groups excluding carboxylic acids is 1. The maximum atomic E-state index is 11.3. The topological polar surface area (TPSA) is 59.3 Å². The number of fused-ring (bicyclic) bond motifs is 3. The van der Waals surface area contributed by atoms with Crippen LogP contribution in [0.4, 0.5) is 0 Å². The molecule has 0 spiro atoms. The van der Waals surface area contributed by atoms with E-state index in [9.17, 15) is 4.79 Å². The SMILES string of the molecule is C=C(C)C(=O)OCCCCCCOc1ccc2c(c1)Cc1cc(-c3ccc(C#N)cc3)ccc1-2. The first kappa shape index (κ1) is 23.3. The Bertz CT molecular complexity index is 1230. The molecular formula is C30H29NO3. The fourth-order valence-corrected chi connectivity index (χ4v) is 4.23. The number of esters is 1. The lowest BCUT2D eigenvalue weighted by Crippen LogP contribution is -2.06. The number of benzene rings is 3. The summed E-state index contributed by atoms with van der Waals surface area (Å²) in [6, 6.07) is 22.9. The van der Waals surface area contributed by atoms with Crippen LogP contribution in [0.1, 0.15) is 49.3 Å². The average Bonchev–Trinajstić information content (AvgIpc) is 3.22. The molecule has 0 saturated carbocycles. The Labute approximate surface area is 201 Å². The van der Waals surface area contributed by atoms with Crippen molar-refractivity contribution in [1.29, 1.82) is 5.26 Å².